The number of carbonyl (C=O) groups excluding carboxylic acids is 1. The molecule has 1 aromatic carbocycles. The van der Waals surface area contributed by atoms with E-state index in [9.17, 15) is 4.79 Å². The third kappa shape index (κ3) is 3.01. The molecule has 0 unspecified atom stereocenters. The first-order chi connectivity index (χ1) is 9.61. The smallest absolute Gasteiger partial charge is 0.232 e. The Morgan fingerprint density at radius 3 is 2.80 bits per heavy atom. The van der Waals surface area contributed by atoms with Crippen molar-refractivity contribution in [3.05, 3.63) is 28.2 Å². The highest BCUT2D eigenvalue weighted by Crippen LogP contribution is 2.32. The highest BCUT2D eigenvalue weighted by Gasteiger charge is 2.39. The predicted octanol–water partition coefficient (Wildman–Crippen LogP) is 2.01. The van der Waals surface area contributed by atoms with E-state index >= 15 is 0 Å². The first kappa shape index (κ1) is 15.0. The minimum atomic E-state index is -0.604. The second-order valence-electron chi connectivity index (χ2n) is 4.85. The number of nitrogens with one attached hydrogen (secondary N) is 1. The lowest BCUT2D eigenvalue weighted by Crippen LogP contribution is -2.46. The van der Waals surface area contributed by atoms with E-state index in [1.165, 1.54) is 0 Å². The third-order valence-electron chi connectivity index (χ3n) is 3.67. The van der Waals surface area contributed by atoms with Crippen LogP contribution in [0, 0.1) is 16.7 Å². The van der Waals surface area contributed by atoms with Gasteiger partial charge in [0.05, 0.1) is 16.7 Å². The summed E-state index contributed by atoms with van der Waals surface area (Å²) in [5.41, 5.74) is 6.14. The Hall–Kier alpha value is -1.42. The van der Waals surface area contributed by atoms with Crippen molar-refractivity contribution in [3.8, 4) is 6.07 Å². The molecule has 0 spiro atoms. The number of benzene rings is 1. The van der Waals surface area contributed by atoms with Gasteiger partial charge in [-0.25, -0.2) is 0 Å². The summed E-state index contributed by atoms with van der Waals surface area (Å²) in [6, 6.07) is 7.22. The van der Waals surface area contributed by atoms with Gasteiger partial charge in [0.25, 0.3) is 0 Å². The van der Waals surface area contributed by atoms with Gasteiger partial charge in [0.15, 0.2) is 0 Å². The second kappa shape index (κ2) is 6.35. The van der Waals surface area contributed by atoms with Crippen LogP contribution in [0.25, 0.3) is 0 Å². The summed E-state index contributed by atoms with van der Waals surface area (Å²) in [6.45, 7) is 1.35. The number of rotatable bonds is 3. The Kier molecular flexibility index (Phi) is 4.76. The van der Waals surface area contributed by atoms with E-state index < -0.39 is 5.41 Å². The molecule has 1 aliphatic rings. The molecule has 0 bridgehead atoms. The van der Waals surface area contributed by atoms with Crippen molar-refractivity contribution in [2.75, 3.05) is 25.1 Å². The summed E-state index contributed by atoms with van der Waals surface area (Å²) in [4.78, 5) is 12.5. The van der Waals surface area contributed by atoms with Gasteiger partial charge in [0.2, 0.25) is 5.91 Å². The SMILES string of the molecule is N#Cc1ccc(Br)cc1NC(=O)C1(CN)CCOCC1. The summed E-state index contributed by atoms with van der Waals surface area (Å²) < 4.78 is 6.10. The summed E-state index contributed by atoms with van der Waals surface area (Å²) in [6.07, 6.45) is 1.20. The fraction of sp³-hybridized carbons (Fsp3) is 0.429. The monoisotopic (exact) mass is 337 g/mol. The van der Waals surface area contributed by atoms with Gasteiger partial charge in [0, 0.05) is 24.2 Å². The Morgan fingerprint density at radius 1 is 1.50 bits per heavy atom. The molecule has 6 heteroatoms. The van der Waals surface area contributed by atoms with E-state index in [0.717, 1.165) is 4.47 Å². The number of hydrogen-bond donors (Lipinski definition) is 2. The Labute approximate surface area is 126 Å². The van der Waals surface area contributed by atoms with Gasteiger partial charge in [-0.1, -0.05) is 15.9 Å². The van der Waals surface area contributed by atoms with Crippen LogP contribution in [0.3, 0.4) is 0 Å². The maximum Gasteiger partial charge on any atom is 0.232 e. The lowest BCUT2D eigenvalue weighted by Gasteiger charge is -2.34. The van der Waals surface area contributed by atoms with Gasteiger partial charge >= 0.3 is 0 Å². The Bertz CT molecular complexity index is 548. The van der Waals surface area contributed by atoms with E-state index in [0.29, 0.717) is 37.3 Å². The van der Waals surface area contributed by atoms with Crippen molar-refractivity contribution in [3.63, 3.8) is 0 Å². The summed E-state index contributed by atoms with van der Waals surface area (Å²) >= 11 is 3.34. The molecule has 1 aliphatic heterocycles. The van der Waals surface area contributed by atoms with Gasteiger partial charge in [-0.3, -0.25) is 4.79 Å². The molecule has 3 N–H and O–H groups in total. The predicted molar refractivity (Wildman–Crippen MR) is 79.0 cm³/mol. The number of carbonyl (C=O) groups is 1. The van der Waals surface area contributed by atoms with Crippen molar-refractivity contribution in [1.29, 1.82) is 5.26 Å². The van der Waals surface area contributed by atoms with Gasteiger partial charge in [0.1, 0.15) is 6.07 Å². The maximum atomic E-state index is 12.5. The molecule has 2 rings (SSSR count). The average Bonchev–Trinajstić information content (AvgIpc) is 2.48. The molecular weight excluding hydrogens is 322 g/mol. The van der Waals surface area contributed by atoms with E-state index in [1.54, 1.807) is 18.2 Å². The number of nitrogens with zero attached hydrogens (tertiary/aromatic N) is 1. The van der Waals surface area contributed by atoms with E-state index in [2.05, 4.69) is 27.3 Å². The normalized spacial score (nSPS) is 17.2. The minimum Gasteiger partial charge on any atom is -0.381 e. The van der Waals surface area contributed by atoms with Crippen molar-refractivity contribution in [1.82, 2.24) is 0 Å². The van der Waals surface area contributed by atoms with E-state index in [-0.39, 0.29) is 12.5 Å². The summed E-state index contributed by atoms with van der Waals surface area (Å²) in [7, 11) is 0. The van der Waals surface area contributed by atoms with Crippen LogP contribution >= 0.6 is 15.9 Å². The van der Waals surface area contributed by atoms with Gasteiger partial charge in [-0.2, -0.15) is 5.26 Å². The lowest BCUT2D eigenvalue weighted by molar-refractivity contribution is -0.130. The Balaban J connectivity index is 2.23. The molecule has 0 saturated carbocycles. The number of hydrogen-bond acceptors (Lipinski definition) is 4. The van der Waals surface area contributed by atoms with Crippen molar-refractivity contribution < 1.29 is 9.53 Å². The zero-order valence-corrected chi connectivity index (χ0v) is 12.6. The van der Waals surface area contributed by atoms with Crippen molar-refractivity contribution in [2.45, 2.75) is 12.8 Å². The molecule has 0 atom stereocenters. The van der Waals surface area contributed by atoms with Gasteiger partial charge < -0.3 is 15.8 Å². The van der Waals surface area contributed by atoms with Crippen molar-refractivity contribution in [2.24, 2.45) is 11.1 Å². The topological polar surface area (TPSA) is 88.1 Å². The number of anilines is 1. The molecule has 0 radical (unpaired) electrons. The van der Waals surface area contributed by atoms with E-state index in [4.69, 9.17) is 15.7 Å². The molecule has 1 heterocycles. The maximum absolute atomic E-state index is 12.5. The third-order valence-corrected chi connectivity index (χ3v) is 4.17. The molecule has 1 saturated heterocycles. The first-order valence-electron chi connectivity index (χ1n) is 6.40. The minimum absolute atomic E-state index is 0.141. The van der Waals surface area contributed by atoms with Crippen LogP contribution in [0.2, 0.25) is 0 Å². The number of ether oxygens (including phenoxy) is 1. The zero-order chi connectivity index (χ0) is 14.6. The molecule has 106 valence electrons. The molecule has 1 aromatic rings. The van der Waals surface area contributed by atoms with Gasteiger partial charge in [-0.15, -0.1) is 0 Å². The van der Waals surface area contributed by atoms with Crippen LogP contribution in [0.1, 0.15) is 18.4 Å². The molecule has 0 aliphatic carbocycles. The Morgan fingerprint density at radius 2 is 2.20 bits per heavy atom. The number of nitrogens with two attached hydrogens (primary N) is 1. The van der Waals surface area contributed by atoms with Crippen LogP contribution in [0.4, 0.5) is 5.69 Å². The largest absolute Gasteiger partial charge is 0.381 e. The lowest BCUT2D eigenvalue weighted by atomic mass is 9.79. The summed E-state index contributed by atoms with van der Waals surface area (Å²) in [5.74, 6) is -0.141. The number of amides is 1. The fourth-order valence-electron chi connectivity index (χ4n) is 2.26. The highest BCUT2D eigenvalue weighted by molar-refractivity contribution is 9.10. The van der Waals surface area contributed by atoms with Crippen molar-refractivity contribution >= 4 is 27.5 Å². The standard InChI is InChI=1S/C14H16BrN3O2/c15-11-2-1-10(8-16)12(7-11)18-13(19)14(9-17)3-5-20-6-4-14/h1-2,7H,3-6,9,17H2,(H,18,19). The molecular formula is C14H16BrN3O2. The second-order valence-corrected chi connectivity index (χ2v) is 5.77. The van der Waals surface area contributed by atoms with Crippen LogP contribution in [0.15, 0.2) is 22.7 Å². The number of halogens is 1. The molecule has 20 heavy (non-hydrogen) atoms. The molecule has 1 amide bonds. The van der Waals surface area contributed by atoms with Crippen LogP contribution in [-0.4, -0.2) is 25.7 Å². The quantitative estimate of drug-likeness (QED) is 0.882. The zero-order valence-electron chi connectivity index (χ0n) is 11.0. The highest BCUT2D eigenvalue weighted by atomic mass is 79.9. The van der Waals surface area contributed by atoms with Gasteiger partial charge in [-0.05, 0) is 31.0 Å². The molecule has 5 nitrogen and oxygen atoms in total. The average molecular weight is 338 g/mol. The first-order valence-corrected chi connectivity index (χ1v) is 7.19. The van der Waals surface area contributed by atoms with E-state index in [1.807, 2.05) is 0 Å². The number of nitriles is 1. The molecule has 0 aromatic heterocycles. The van der Waals surface area contributed by atoms with Crippen LogP contribution in [-0.2, 0) is 9.53 Å². The van der Waals surface area contributed by atoms with Crippen LogP contribution in [0.5, 0.6) is 0 Å². The summed E-state index contributed by atoms with van der Waals surface area (Å²) in [5, 5.41) is 11.9. The fourth-order valence-corrected chi connectivity index (χ4v) is 2.62. The molecule has 1 fully saturated rings. The van der Waals surface area contributed by atoms with Crippen LogP contribution < -0.4 is 11.1 Å².